The molecule has 0 fully saturated rings. The van der Waals surface area contributed by atoms with Crippen LogP contribution in [0.4, 0.5) is 5.69 Å². The van der Waals surface area contributed by atoms with Gasteiger partial charge in [0.1, 0.15) is 5.75 Å². The molecule has 2 N–H and O–H groups in total. The number of aromatic nitrogens is 2. The van der Waals surface area contributed by atoms with Crippen molar-refractivity contribution < 1.29 is 5.11 Å². The van der Waals surface area contributed by atoms with Crippen LogP contribution in [0.25, 0.3) is 0 Å². The van der Waals surface area contributed by atoms with Crippen LogP contribution < -0.4 is 5.32 Å². The minimum absolute atomic E-state index is 0.293. The van der Waals surface area contributed by atoms with E-state index in [0.717, 1.165) is 24.3 Å². The first kappa shape index (κ1) is 13.2. The van der Waals surface area contributed by atoms with Crippen molar-refractivity contribution in [2.24, 2.45) is 0 Å². The molecule has 106 valence electrons. The molecule has 4 heteroatoms. The summed E-state index contributed by atoms with van der Waals surface area (Å²) in [5.41, 5.74) is 3.44. The monoisotopic (exact) mass is 279 g/mol. The number of anilines is 1. The van der Waals surface area contributed by atoms with Crippen LogP contribution >= 0.6 is 0 Å². The van der Waals surface area contributed by atoms with Crippen molar-refractivity contribution in [1.29, 1.82) is 0 Å². The van der Waals surface area contributed by atoms with Crippen LogP contribution in [0.2, 0.25) is 0 Å². The van der Waals surface area contributed by atoms with E-state index < -0.39 is 0 Å². The molecule has 3 rings (SSSR count). The minimum Gasteiger partial charge on any atom is -0.508 e. The van der Waals surface area contributed by atoms with Crippen molar-refractivity contribution >= 4 is 5.69 Å². The molecule has 0 unspecified atom stereocenters. The van der Waals surface area contributed by atoms with E-state index >= 15 is 0 Å². The first-order valence-electron chi connectivity index (χ1n) is 6.86. The fraction of sp³-hybridized carbons (Fsp3) is 0.118. The molecule has 0 aliphatic rings. The molecule has 0 atom stereocenters. The van der Waals surface area contributed by atoms with E-state index in [4.69, 9.17) is 0 Å². The summed E-state index contributed by atoms with van der Waals surface area (Å²) in [6.07, 6.45) is 5.56. The van der Waals surface area contributed by atoms with E-state index in [1.807, 2.05) is 35.3 Å². The minimum atomic E-state index is 0.293. The van der Waals surface area contributed by atoms with Crippen LogP contribution in [0.3, 0.4) is 0 Å². The lowest BCUT2D eigenvalue weighted by Gasteiger charge is -2.09. The third-order valence-electron chi connectivity index (χ3n) is 3.28. The lowest BCUT2D eigenvalue weighted by atomic mass is 10.1. The molecule has 21 heavy (non-hydrogen) atoms. The highest BCUT2D eigenvalue weighted by Crippen LogP contribution is 2.15. The molecule has 0 aliphatic carbocycles. The molecule has 0 radical (unpaired) electrons. The second kappa shape index (κ2) is 6.13. The number of phenols is 1. The normalized spacial score (nSPS) is 10.5. The number of benzene rings is 2. The molecule has 0 aliphatic heterocycles. The average molecular weight is 279 g/mol. The summed E-state index contributed by atoms with van der Waals surface area (Å²) in [4.78, 5) is 4.05. The van der Waals surface area contributed by atoms with Crippen molar-refractivity contribution in [2.45, 2.75) is 13.1 Å². The van der Waals surface area contributed by atoms with E-state index in [1.165, 1.54) is 5.56 Å². The number of nitrogens with zero attached hydrogens (tertiary/aromatic N) is 2. The Morgan fingerprint density at radius 2 is 1.90 bits per heavy atom. The van der Waals surface area contributed by atoms with E-state index in [1.54, 1.807) is 18.3 Å². The molecular formula is C17H17N3O. The zero-order valence-electron chi connectivity index (χ0n) is 11.6. The predicted octanol–water partition coefficient (Wildman–Crippen LogP) is 3.25. The SMILES string of the molecule is Oc1ccc(CNc2cccc(Cn3ccnc3)c2)cc1. The summed E-state index contributed by atoms with van der Waals surface area (Å²) in [6, 6.07) is 15.6. The molecular weight excluding hydrogens is 262 g/mol. The van der Waals surface area contributed by atoms with Crippen molar-refractivity contribution in [1.82, 2.24) is 9.55 Å². The Morgan fingerprint density at radius 1 is 1.05 bits per heavy atom. The van der Waals surface area contributed by atoms with E-state index in [2.05, 4.69) is 28.5 Å². The van der Waals surface area contributed by atoms with E-state index in [0.29, 0.717) is 5.75 Å². The Kier molecular flexibility index (Phi) is 3.87. The second-order valence-electron chi connectivity index (χ2n) is 4.96. The highest BCUT2D eigenvalue weighted by atomic mass is 16.3. The summed E-state index contributed by atoms with van der Waals surface area (Å²) in [6.45, 7) is 1.55. The third kappa shape index (κ3) is 3.63. The van der Waals surface area contributed by atoms with Crippen LogP contribution in [-0.4, -0.2) is 14.7 Å². The Labute approximate surface area is 123 Å². The number of aromatic hydroxyl groups is 1. The van der Waals surface area contributed by atoms with Gasteiger partial charge >= 0.3 is 0 Å². The number of hydrogen-bond donors (Lipinski definition) is 2. The highest BCUT2D eigenvalue weighted by molar-refractivity contribution is 5.46. The smallest absolute Gasteiger partial charge is 0.115 e. The Bertz CT molecular complexity index is 690. The predicted molar refractivity (Wildman–Crippen MR) is 83.2 cm³/mol. The zero-order chi connectivity index (χ0) is 14.5. The largest absolute Gasteiger partial charge is 0.508 e. The van der Waals surface area contributed by atoms with Crippen LogP contribution in [0.15, 0.2) is 67.3 Å². The highest BCUT2D eigenvalue weighted by Gasteiger charge is 1.98. The molecule has 2 aromatic carbocycles. The maximum absolute atomic E-state index is 9.27. The van der Waals surface area contributed by atoms with Crippen LogP contribution in [0.1, 0.15) is 11.1 Å². The summed E-state index contributed by atoms with van der Waals surface area (Å²) >= 11 is 0. The number of phenolic OH excluding ortho intramolecular Hbond substituents is 1. The van der Waals surface area contributed by atoms with Gasteiger partial charge in [-0.05, 0) is 35.4 Å². The lowest BCUT2D eigenvalue weighted by molar-refractivity contribution is 0.475. The zero-order valence-corrected chi connectivity index (χ0v) is 11.6. The summed E-state index contributed by atoms with van der Waals surface area (Å²) in [5.74, 6) is 0.293. The number of rotatable bonds is 5. The molecule has 0 amide bonds. The van der Waals surface area contributed by atoms with E-state index in [-0.39, 0.29) is 0 Å². The quantitative estimate of drug-likeness (QED) is 0.753. The van der Waals surface area contributed by atoms with Gasteiger partial charge in [-0.3, -0.25) is 0 Å². The molecule has 0 spiro atoms. The van der Waals surface area contributed by atoms with Gasteiger partial charge in [-0.2, -0.15) is 0 Å². The molecule has 0 bridgehead atoms. The van der Waals surface area contributed by atoms with Gasteiger partial charge in [0.2, 0.25) is 0 Å². The van der Waals surface area contributed by atoms with Gasteiger partial charge in [-0.25, -0.2) is 4.98 Å². The maximum Gasteiger partial charge on any atom is 0.115 e. The third-order valence-corrected chi connectivity index (χ3v) is 3.28. The number of nitrogens with one attached hydrogen (secondary N) is 1. The van der Waals surface area contributed by atoms with Crippen LogP contribution in [-0.2, 0) is 13.1 Å². The number of imidazole rings is 1. The van der Waals surface area contributed by atoms with Gasteiger partial charge in [0, 0.05) is 31.2 Å². The average Bonchev–Trinajstić information content (AvgIpc) is 3.00. The van der Waals surface area contributed by atoms with Crippen molar-refractivity contribution in [3.05, 3.63) is 78.4 Å². The fourth-order valence-corrected chi connectivity index (χ4v) is 2.19. The molecule has 0 saturated heterocycles. The summed E-state index contributed by atoms with van der Waals surface area (Å²) in [7, 11) is 0. The first-order valence-corrected chi connectivity index (χ1v) is 6.86. The molecule has 1 heterocycles. The van der Waals surface area contributed by atoms with Gasteiger partial charge in [-0.1, -0.05) is 24.3 Å². The molecule has 0 saturated carbocycles. The van der Waals surface area contributed by atoms with Gasteiger partial charge < -0.3 is 15.0 Å². The van der Waals surface area contributed by atoms with E-state index in [9.17, 15) is 5.11 Å². The van der Waals surface area contributed by atoms with Crippen LogP contribution in [0, 0.1) is 0 Å². The molecule has 4 nitrogen and oxygen atoms in total. The second-order valence-corrected chi connectivity index (χ2v) is 4.96. The van der Waals surface area contributed by atoms with Gasteiger partial charge in [0.05, 0.1) is 6.33 Å². The van der Waals surface area contributed by atoms with Crippen LogP contribution in [0.5, 0.6) is 5.75 Å². The molecule has 1 aromatic heterocycles. The summed E-state index contributed by atoms with van der Waals surface area (Å²) in [5, 5.41) is 12.7. The van der Waals surface area contributed by atoms with Gasteiger partial charge in [0.25, 0.3) is 0 Å². The topological polar surface area (TPSA) is 50.1 Å². The fourth-order valence-electron chi connectivity index (χ4n) is 2.19. The van der Waals surface area contributed by atoms with Crippen molar-refractivity contribution in [3.63, 3.8) is 0 Å². The lowest BCUT2D eigenvalue weighted by Crippen LogP contribution is -2.01. The Hall–Kier alpha value is -2.75. The maximum atomic E-state index is 9.27. The number of hydrogen-bond acceptors (Lipinski definition) is 3. The Balaban J connectivity index is 1.64. The van der Waals surface area contributed by atoms with Crippen molar-refractivity contribution in [2.75, 3.05) is 5.32 Å². The molecule has 3 aromatic rings. The standard InChI is InChI=1S/C17H17N3O/c21-17-6-4-14(5-7-17)11-19-16-3-1-2-15(10-16)12-20-9-8-18-13-20/h1-10,13,19,21H,11-12H2. The Morgan fingerprint density at radius 3 is 2.67 bits per heavy atom. The van der Waals surface area contributed by atoms with Gasteiger partial charge in [0.15, 0.2) is 0 Å². The summed E-state index contributed by atoms with van der Waals surface area (Å²) < 4.78 is 2.04. The first-order chi connectivity index (χ1) is 10.3. The van der Waals surface area contributed by atoms with Crippen molar-refractivity contribution in [3.8, 4) is 5.75 Å². The van der Waals surface area contributed by atoms with Gasteiger partial charge in [-0.15, -0.1) is 0 Å².